The second-order valence-corrected chi connectivity index (χ2v) is 7.13. The predicted octanol–water partition coefficient (Wildman–Crippen LogP) is 2.20. The van der Waals surface area contributed by atoms with E-state index in [2.05, 4.69) is 42.1 Å². The molecule has 0 aliphatic rings. The highest BCUT2D eigenvalue weighted by atomic mass is 16.2. The van der Waals surface area contributed by atoms with Gasteiger partial charge >= 0.3 is 6.03 Å². The second kappa shape index (κ2) is 8.58. The minimum absolute atomic E-state index is 0.139. The number of nitrogens with one attached hydrogen (secondary N) is 2. The molecule has 11 nitrogen and oxygen atoms in total. The van der Waals surface area contributed by atoms with Gasteiger partial charge in [0.1, 0.15) is 11.7 Å². The Balaban J connectivity index is 1.38. The monoisotopic (exact) mass is 416 g/mol. The van der Waals surface area contributed by atoms with Crippen molar-refractivity contribution in [3.05, 3.63) is 54.4 Å². The van der Waals surface area contributed by atoms with Crippen molar-refractivity contribution in [2.24, 2.45) is 0 Å². The Morgan fingerprint density at radius 2 is 2.10 bits per heavy atom. The third kappa shape index (κ3) is 4.64. The van der Waals surface area contributed by atoms with Crippen LogP contribution in [0.3, 0.4) is 0 Å². The molecule has 0 fully saturated rings. The third-order valence-corrected chi connectivity index (χ3v) is 4.46. The van der Waals surface area contributed by atoms with Gasteiger partial charge in [0, 0.05) is 42.7 Å². The number of urea groups is 1. The first-order valence-electron chi connectivity index (χ1n) is 9.69. The van der Waals surface area contributed by atoms with E-state index in [1.54, 1.807) is 22.9 Å². The van der Waals surface area contributed by atoms with Crippen LogP contribution in [0.25, 0.3) is 16.8 Å². The number of nitrogens with zero attached hydrogens (tertiary/aromatic N) is 8. The van der Waals surface area contributed by atoms with Crippen molar-refractivity contribution in [1.29, 1.82) is 5.26 Å². The number of fused-ring (bicyclic) bond motifs is 1. The lowest BCUT2D eigenvalue weighted by Gasteiger charge is -2.03. The van der Waals surface area contributed by atoms with Crippen LogP contribution in [0, 0.1) is 11.3 Å². The zero-order valence-corrected chi connectivity index (χ0v) is 17.0. The van der Waals surface area contributed by atoms with E-state index < -0.39 is 0 Å². The van der Waals surface area contributed by atoms with Crippen molar-refractivity contribution >= 4 is 17.5 Å². The van der Waals surface area contributed by atoms with E-state index in [9.17, 15) is 4.79 Å². The zero-order valence-electron chi connectivity index (χ0n) is 17.0. The molecule has 2 amide bonds. The van der Waals surface area contributed by atoms with E-state index in [0.717, 1.165) is 11.1 Å². The van der Waals surface area contributed by atoms with Crippen LogP contribution in [0.2, 0.25) is 0 Å². The van der Waals surface area contributed by atoms with Crippen molar-refractivity contribution in [3.63, 3.8) is 0 Å². The highest BCUT2D eigenvalue weighted by Crippen LogP contribution is 2.21. The molecule has 4 rings (SSSR count). The summed E-state index contributed by atoms with van der Waals surface area (Å²) < 4.78 is 1.80. The molecule has 0 saturated carbocycles. The van der Waals surface area contributed by atoms with Crippen LogP contribution in [0.1, 0.15) is 31.3 Å². The summed E-state index contributed by atoms with van der Waals surface area (Å²) in [5, 5.41) is 26.7. The summed E-state index contributed by atoms with van der Waals surface area (Å²) in [6.07, 6.45) is 7.27. The number of tetrazole rings is 1. The maximum atomic E-state index is 12.2. The first-order valence-corrected chi connectivity index (χ1v) is 9.69. The summed E-state index contributed by atoms with van der Waals surface area (Å²) in [7, 11) is 0. The van der Waals surface area contributed by atoms with Crippen LogP contribution in [0.5, 0.6) is 0 Å². The molecule has 0 aliphatic heterocycles. The average molecular weight is 416 g/mol. The second-order valence-electron chi connectivity index (χ2n) is 7.13. The molecule has 0 radical (unpaired) electrons. The fourth-order valence-electron chi connectivity index (χ4n) is 2.90. The summed E-state index contributed by atoms with van der Waals surface area (Å²) in [5.41, 5.74) is 2.87. The quantitative estimate of drug-likeness (QED) is 0.491. The topological polar surface area (TPSA) is 139 Å². The Hall–Kier alpha value is -4.33. The maximum Gasteiger partial charge on any atom is 0.320 e. The summed E-state index contributed by atoms with van der Waals surface area (Å²) in [6, 6.07) is 7.35. The van der Waals surface area contributed by atoms with Crippen LogP contribution < -0.4 is 10.6 Å². The van der Waals surface area contributed by atoms with E-state index in [4.69, 9.17) is 5.26 Å². The van der Waals surface area contributed by atoms with Crippen molar-refractivity contribution < 1.29 is 4.79 Å². The summed E-state index contributed by atoms with van der Waals surface area (Å²) in [4.78, 5) is 22.2. The summed E-state index contributed by atoms with van der Waals surface area (Å²) in [6.45, 7) is 4.31. The number of imidazole rings is 1. The van der Waals surface area contributed by atoms with Gasteiger partial charge in [-0.15, -0.1) is 10.2 Å². The maximum absolute atomic E-state index is 12.2. The van der Waals surface area contributed by atoms with Crippen molar-refractivity contribution in [2.75, 3.05) is 11.9 Å². The fourth-order valence-corrected chi connectivity index (χ4v) is 2.90. The van der Waals surface area contributed by atoms with Gasteiger partial charge < -0.3 is 9.72 Å². The van der Waals surface area contributed by atoms with Gasteiger partial charge in [-0.2, -0.15) is 10.1 Å². The first-order chi connectivity index (χ1) is 15.0. The summed E-state index contributed by atoms with van der Waals surface area (Å²) >= 11 is 0. The van der Waals surface area contributed by atoms with E-state index in [1.165, 1.54) is 11.0 Å². The fraction of sp³-hybridized carbons (Fsp3) is 0.250. The average Bonchev–Trinajstić information content (AvgIpc) is 3.40. The highest BCUT2D eigenvalue weighted by molar-refractivity contribution is 5.88. The molecule has 4 aromatic heterocycles. The Kier molecular flexibility index (Phi) is 5.53. The molecule has 0 spiro atoms. The molecule has 0 saturated heterocycles. The molecule has 4 aromatic rings. The SMILES string of the molecule is CC(C)n1nnc(CCNC(=O)Nc2cn3cc(-c4cncc(C#N)c4)ccc3n2)n1. The standard InChI is InChI=1S/C20H20N10O/c1-13(2)30-27-17(26-28-30)5-6-23-20(31)25-18-12-29-11-15(3-4-19(29)24-18)16-7-14(8-21)9-22-10-16/h3-4,7,9-13H,5-6H2,1-2H3,(H2,23,25,31). The van der Waals surface area contributed by atoms with Gasteiger partial charge in [-0.3, -0.25) is 10.3 Å². The Bertz CT molecular complexity index is 1270. The minimum Gasteiger partial charge on any atom is -0.337 e. The van der Waals surface area contributed by atoms with E-state index in [1.807, 2.05) is 32.2 Å². The smallest absolute Gasteiger partial charge is 0.320 e. The van der Waals surface area contributed by atoms with E-state index in [-0.39, 0.29) is 12.1 Å². The van der Waals surface area contributed by atoms with Crippen molar-refractivity contribution in [2.45, 2.75) is 26.3 Å². The largest absolute Gasteiger partial charge is 0.337 e. The van der Waals surface area contributed by atoms with Crippen molar-refractivity contribution in [1.82, 2.24) is 39.9 Å². The molecule has 156 valence electrons. The number of anilines is 1. The van der Waals surface area contributed by atoms with Crippen LogP contribution in [-0.4, -0.2) is 47.2 Å². The molecule has 4 heterocycles. The van der Waals surface area contributed by atoms with Gasteiger partial charge in [0.25, 0.3) is 0 Å². The normalized spacial score (nSPS) is 10.9. The highest BCUT2D eigenvalue weighted by Gasteiger charge is 2.09. The van der Waals surface area contributed by atoms with Crippen LogP contribution in [0.15, 0.2) is 43.0 Å². The molecule has 31 heavy (non-hydrogen) atoms. The Morgan fingerprint density at radius 3 is 2.87 bits per heavy atom. The number of amides is 2. The number of hydrogen-bond acceptors (Lipinski definition) is 7. The number of rotatable bonds is 6. The first kappa shape index (κ1) is 20.0. The number of carbonyl (C=O) groups is 1. The lowest BCUT2D eigenvalue weighted by molar-refractivity contribution is 0.252. The lowest BCUT2D eigenvalue weighted by atomic mass is 10.1. The molecule has 0 unspecified atom stereocenters. The third-order valence-electron chi connectivity index (χ3n) is 4.46. The van der Waals surface area contributed by atoms with Gasteiger partial charge in [-0.1, -0.05) is 0 Å². The molecular formula is C20H20N10O. The van der Waals surface area contributed by atoms with Gasteiger partial charge in [0.2, 0.25) is 0 Å². The molecule has 0 atom stereocenters. The van der Waals surface area contributed by atoms with Crippen LogP contribution in [0.4, 0.5) is 10.6 Å². The Morgan fingerprint density at radius 1 is 1.23 bits per heavy atom. The van der Waals surface area contributed by atoms with E-state index >= 15 is 0 Å². The van der Waals surface area contributed by atoms with Gasteiger partial charge in [0.05, 0.1) is 17.8 Å². The minimum atomic E-state index is -0.370. The molecule has 2 N–H and O–H groups in total. The number of nitriles is 1. The molecule has 11 heteroatoms. The molecule has 0 aliphatic carbocycles. The zero-order chi connectivity index (χ0) is 21.8. The number of aromatic nitrogens is 7. The Labute approximate surface area is 177 Å². The molecule has 0 bridgehead atoms. The predicted molar refractivity (Wildman–Crippen MR) is 112 cm³/mol. The number of pyridine rings is 2. The van der Waals surface area contributed by atoms with Crippen molar-refractivity contribution in [3.8, 4) is 17.2 Å². The van der Waals surface area contributed by atoms with Gasteiger partial charge in [0.15, 0.2) is 11.6 Å². The molecule has 0 aromatic carbocycles. The van der Waals surface area contributed by atoms with Crippen LogP contribution >= 0.6 is 0 Å². The lowest BCUT2D eigenvalue weighted by Crippen LogP contribution is -2.30. The van der Waals surface area contributed by atoms with Crippen LogP contribution in [-0.2, 0) is 6.42 Å². The summed E-state index contributed by atoms with van der Waals surface area (Å²) in [5.74, 6) is 0.992. The number of hydrogen-bond donors (Lipinski definition) is 2. The van der Waals surface area contributed by atoms with Gasteiger partial charge in [-0.25, -0.2) is 9.78 Å². The van der Waals surface area contributed by atoms with Gasteiger partial charge in [-0.05, 0) is 37.3 Å². The molecular weight excluding hydrogens is 396 g/mol. The number of carbonyl (C=O) groups excluding carboxylic acids is 1. The van der Waals surface area contributed by atoms with E-state index in [0.29, 0.717) is 35.8 Å².